The molecule has 0 aliphatic heterocycles. The second kappa shape index (κ2) is 11.7. The Balaban J connectivity index is 1.86. The Morgan fingerprint density at radius 1 is 0.700 bits per heavy atom. The maximum atomic E-state index is 2.52. The van der Waals surface area contributed by atoms with E-state index in [1.807, 2.05) is 0 Å². The molecule has 160 valence electrons. The lowest BCUT2D eigenvalue weighted by atomic mass is 10.0. The summed E-state index contributed by atoms with van der Waals surface area (Å²) in [5.41, 5.74) is 0. The van der Waals surface area contributed by atoms with Gasteiger partial charge in [-0.25, -0.2) is 0 Å². The van der Waals surface area contributed by atoms with Gasteiger partial charge in [0.05, 0.1) is 13.4 Å². The average molecular weight is 420 g/mol. The van der Waals surface area contributed by atoms with Crippen molar-refractivity contribution in [2.24, 2.45) is 0 Å². The van der Waals surface area contributed by atoms with Crippen molar-refractivity contribution in [3.05, 3.63) is 85.0 Å². The van der Waals surface area contributed by atoms with Crippen LogP contribution < -0.4 is 10.6 Å². The molecule has 1 aliphatic rings. The molecule has 0 saturated heterocycles. The fraction of sp³-hybridized carbons (Fsp3) is 0.448. The largest absolute Gasteiger partial charge is 0.108 e. The molecule has 0 N–H and O–H groups in total. The van der Waals surface area contributed by atoms with Crippen molar-refractivity contribution in [1.82, 2.24) is 0 Å². The monoisotopic (exact) mass is 419 g/mol. The smallest absolute Gasteiger partial charge is 0.0800 e. The summed E-state index contributed by atoms with van der Waals surface area (Å²) in [7, 11) is -1.59. The van der Waals surface area contributed by atoms with E-state index in [1.54, 1.807) is 10.6 Å². The number of benzene rings is 2. The zero-order valence-corrected chi connectivity index (χ0v) is 20.0. The van der Waals surface area contributed by atoms with Gasteiger partial charge in [-0.1, -0.05) is 100 Å². The summed E-state index contributed by atoms with van der Waals surface area (Å²) in [6.45, 7) is 4.82. The summed E-state index contributed by atoms with van der Waals surface area (Å²) in [6.07, 6.45) is 22.9. The quantitative estimate of drug-likeness (QED) is 0.241. The van der Waals surface area contributed by atoms with Crippen LogP contribution in [0.25, 0.3) is 0 Å². The van der Waals surface area contributed by atoms with E-state index in [2.05, 4.69) is 98.8 Å². The Bertz CT molecular complexity index is 750. The molecule has 3 rings (SSSR count). The molecule has 0 amide bonds. The maximum Gasteiger partial charge on any atom is 0.108 e. The van der Waals surface area contributed by atoms with Gasteiger partial charge in [-0.15, -0.1) is 0 Å². The van der Waals surface area contributed by atoms with Gasteiger partial charge in [-0.3, -0.25) is 0 Å². The lowest BCUT2D eigenvalue weighted by molar-refractivity contribution is 0.585. The Morgan fingerprint density at radius 3 is 1.73 bits per heavy atom. The van der Waals surface area contributed by atoms with Gasteiger partial charge >= 0.3 is 0 Å². The lowest BCUT2D eigenvalue weighted by Gasteiger charge is -2.41. The summed E-state index contributed by atoms with van der Waals surface area (Å²) in [5.74, 6) is 0. The van der Waals surface area contributed by atoms with Crippen LogP contribution in [0.2, 0.25) is 0 Å². The van der Waals surface area contributed by atoms with Crippen molar-refractivity contribution in [3.8, 4) is 0 Å². The molecular weight excluding hydrogens is 379 g/mol. The van der Waals surface area contributed by atoms with E-state index >= 15 is 0 Å². The first-order chi connectivity index (χ1) is 14.7. The van der Waals surface area contributed by atoms with Crippen LogP contribution in [0.15, 0.2) is 85.0 Å². The Hall–Kier alpha value is -1.65. The fourth-order valence-corrected chi connectivity index (χ4v) is 10.4. The van der Waals surface area contributed by atoms with Crippen molar-refractivity contribution in [2.75, 3.05) is 6.16 Å². The summed E-state index contributed by atoms with van der Waals surface area (Å²) < 4.78 is 0. The molecule has 30 heavy (non-hydrogen) atoms. The van der Waals surface area contributed by atoms with Crippen LogP contribution in [0.1, 0.15) is 71.6 Å². The van der Waals surface area contributed by atoms with Crippen LogP contribution in [-0.2, 0) is 0 Å². The number of rotatable bonds is 12. The second-order valence-corrected chi connectivity index (χ2v) is 13.1. The zero-order valence-electron chi connectivity index (χ0n) is 19.1. The highest BCUT2D eigenvalue weighted by atomic mass is 31.2. The van der Waals surface area contributed by atoms with Gasteiger partial charge in [0.1, 0.15) is 15.8 Å². The third kappa shape index (κ3) is 5.33. The highest BCUT2D eigenvalue weighted by Crippen LogP contribution is 2.69. The van der Waals surface area contributed by atoms with E-state index in [0.29, 0.717) is 0 Å². The van der Waals surface area contributed by atoms with E-state index in [9.17, 15) is 0 Å². The summed E-state index contributed by atoms with van der Waals surface area (Å²) in [5, 5.41) is 3.33. The van der Waals surface area contributed by atoms with Crippen LogP contribution >= 0.6 is 7.26 Å². The van der Waals surface area contributed by atoms with Crippen LogP contribution in [-0.4, -0.2) is 11.3 Å². The molecule has 0 spiro atoms. The van der Waals surface area contributed by atoms with E-state index in [1.165, 1.54) is 57.5 Å². The minimum absolute atomic E-state index is 0.186. The average Bonchev–Trinajstić information content (AvgIpc) is 2.80. The molecule has 0 nitrogen and oxygen atoms in total. The first-order valence-electron chi connectivity index (χ1n) is 12.1. The molecule has 1 atom stereocenters. The molecular formula is C29H40P+. The van der Waals surface area contributed by atoms with Crippen LogP contribution in [0, 0.1) is 0 Å². The van der Waals surface area contributed by atoms with Gasteiger partial charge in [0.15, 0.2) is 0 Å². The third-order valence-electron chi connectivity index (χ3n) is 6.85. The van der Waals surface area contributed by atoms with Gasteiger partial charge in [0, 0.05) is 6.42 Å². The molecule has 1 heteroatoms. The molecule has 0 bridgehead atoms. The molecule has 1 aliphatic carbocycles. The summed E-state index contributed by atoms with van der Waals surface area (Å²) in [6, 6.07) is 22.9. The van der Waals surface area contributed by atoms with Crippen LogP contribution in [0.4, 0.5) is 0 Å². The second-order valence-electron chi connectivity index (χ2n) is 9.03. The first-order valence-corrected chi connectivity index (χ1v) is 14.0. The molecule has 0 aromatic heterocycles. The highest BCUT2D eigenvalue weighted by Gasteiger charge is 2.56. The van der Waals surface area contributed by atoms with Gasteiger partial charge in [-0.2, -0.15) is 0 Å². The molecule has 2 aromatic rings. The van der Waals surface area contributed by atoms with Crippen LogP contribution in [0.5, 0.6) is 0 Å². The minimum Gasteiger partial charge on any atom is -0.0800 e. The molecule has 0 heterocycles. The number of unbranched alkanes of at least 4 members (excludes halogenated alkanes) is 7. The Kier molecular flexibility index (Phi) is 8.95. The van der Waals surface area contributed by atoms with Crippen molar-refractivity contribution in [3.63, 3.8) is 0 Å². The predicted octanol–water partition coefficient (Wildman–Crippen LogP) is 8.07. The molecule has 0 fully saturated rings. The van der Waals surface area contributed by atoms with Gasteiger partial charge in [0.2, 0.25) is 0 Å². The van der Waals surface area contributed by atoms with Crippen molar-refractivity contribution >= 4 is 17.9 Å². The number of hydrogen-bond acceptors (Lipinski definition) is 0. The molecule has 1 unspecified atom stereocenters. The first kappa shape index (κ1) is 23.0. The Labute approximate surface area is 185 Å². The molecule has 0 saturated carbocycles. The lowest BCUT2D eigenvalue weighted by Crippen LogP contribution is -2.41. The topological polar surface area (TPSA) is 0 Å². The van der Waals surface area contributed by atoms with E-state index in [0.717, 1.165) is 6.42 Å². The van der Waals surface area contributed by atoms with Crippen molar-refractivity contribution in [1.29, 1.82) is 0 Å². The molecule has 2 aromatic carbocycles. The zero-order chi connectivity index (χ0) is 21.1. The SMILES string of the molecule is CCCCCCCCCC[P+](c1ccccc1)(c1ccccc1)C1(C)C=CC=CC1. The summed E-state index contributed by atoms with van der Waals surface area (Å²) >= 11 is 0. The maximum absolute atomic E-state index is 2.52. The van der Waals surface area contributed by atoms with E-state index < -0.39 is 7.26 Å². The highest BCUT2D eigenvalue weighted by molar-refractivity contribution is 7.91. The fourth-order valence-electron chi connectivity index (χ4n) is 5.10. The van der Waals surface area contributed by atoms with E-state index in [-0.39, 0.29) is 5.16 Å². The van der Waals surface area contributed by atoms with Gasteiger partial charge in [0.25, 0.3) is 0 Å². The minimum atomic E-state index is -1.59. The number of hydrogen-bond donors (Lipinski definition) is 0. The predicted molar refractivity (Wildman–Crippen MR) is 138 cm³/mol. The third-order valence-corrected chi connectivity index (χ3v) is 12.3. The van der Waals surface area contributed by atoms with E-state index in [4.69, 9.17) is 0 Å². The van der Waals surface area contributed by atoms with Gasteiger partial charge in [-0.05, 0) is 50.1 Å². The normalized spacial score (nSPS) is 18.6. The summed E-state index contributed by atoms with van der Waals surface area (Å²) in [4.78, 5) is 0. The van der Waals surface area contributed by atoms with Crippen molar-refractivity contribution < 1.29 is 0 Å². The van der Waals surface area contributed by atoms with Gasteiger partial charge < -0.3 is 0 Å². The Morgan fingerprint density at radius 2 is 1.23 bits per heavy atom. The molecule has 0 radical (unpaired) electrons. The number of allylic oxidation sites excluding steroid dienone is 4. The standard InChI is InChI=1S/C29H40P/c1-3-4-5-6-7-8-9-19-26-30(27-20-13-10-14-21-27,28-22-15-11-16-23-28)29(2)24-17-12-18-25-29/h10-18,20-24H,3-9,19,25-26H2,1-2H3/q+1. The van der Waals surface area contributed by atoms with Crippen LogP contribution in [0.3, 0.4) is 0 Å². The van der Waals surface area contributed by atoms with Crippen molar-refractivity contribution in [2.45, 2.75) is 76.8 Å².